The van der Waals surface area contributed by atoms with Crippen molar-refractivity contribution in [2.75, 3.05) is 32.0 Å². The Labute approximate surface area is 147 Å². The number of anilines is 1. The first-order valence-corrected chi connectivity index (χ1v) is 9.67. The lowest BCUT2D eigenvalue weighted by Gasteiger charge is -2.49. The molecule has 2 aromatic rings. The number of thiazole rings is 1. The first kappa shape index (κ1) is 16.0. The van der Waals surface area contributed by atoms with Gasteiger partial charge in [-0.15, -0.1) is 11.3 Å². The highest BCUT2D eigenvalue weighted by molar-refractivity contribution is 7.13. The van der Waals surface area contributed by atoms with Crippen molar-refractivity contribution in [3.8, 4) is 0 Å². The van der Waals surface area contributed by atoms with Gasteiger partial charge in [-0.3, -0.25) is 9.88 Å². The van der Waals surface area contributed by atoms with Crippen molar-refractivity contribution in [2.45, 2.75) is 32.0 Å². The fourth-order valence-corrected chi connectivity index (χ4v) is 4.73. The van der Waals surface area contributed by atoms with E-state index in [0.29, 0.717) is 6.04 Å². The summed E-state index contributed by atoms with van der Waals surface area (Å²) in [4.78, 5) is 14.3. The third-order valence-electron chi connectivity index (χ3n) is 5.33. The van der Waals surface area contributed by atoms with Crippen LogP contribution in [0, 0.1) is 5.92 Å². The van der Waals surface area contributed by atoms with E-state index in [1.807, 2.05) is 25.5 Å². The highest BCUT2D eigenvalue weighted by Crippen LogP contribution is 2.32. The molecular weight excluding hydrogens is 318 g/mol. The fraction of sp³-hybridized carbons (Fsp3) is 0.556. The molecule has 1 unspecified atom stereocenters. The lowest BCUT2D eigenvalue weighted by molar-refractivity contribution is -0.00307. The van der Waals surface area contributed by atoms with Crippen LogP contribution in [-0.2, 0) is 13.1 Å². The number of fused-ring (bicyclic) bond motifs is 3. The summed E-state index contributed by atoms with van der Waals surface area (Å²) in [5.74, 6) is 0.828. The summed E-state index contributed by atoms with van der Waals surface area (Å²) in [6.07, 6.45) is 6.52. The molecule has 3 aliphatic rings. The number of hydrogen-bond donors (Lipinski definition) is 1. The van der Waals surface area contributed by atoms with Crippen LogP contribution in [0.25, 0.3) is 0 Å². The molecule has 24 heavy (non-hydrogen) atoms. The summed E-state index contributed by atoms with van der Waals surface area (Å²) in [5.41, 5.74) is 2.46. The van der Waals surface area contributed by atoms with Crippen molar-refractivity contribution in [2.24, 2.45) is 5.92 Å². The highest BCUT2D eigenvalue weighted by Gasteiger charge is 2.37. The van der Waals surface area contributed by atoms with Gasteiger partial charge in [0.2, 0.25) is 0 Å². The second-order valence-corrected chi connectivity index (χ2v) is 7.72. The summed E-state index contributed by atoms with van der Waals surface area (Å²) >= 11 is 1.69. The molecule has 2 aromatic heterocycles. The maximum Gasteiger partial charge on any atom is 0.182 e. The summed E-state index contributed by atoms with van der Waals surface area (Å²) in [6.45, 7) is 5.64. The van der Waals surface area contributed by atoms with E-state index in [-0.39, 0.29) is 0 Å². The summed E-state index contributed by atoms with van der Waals surface area (Å²) in [6, 6.07) is 4.85. The molecule has 3 aliphatic heterocycles. The molecule has 2 bridgehead atoms. The summed E-state index contributed by atoms with van der Waals surface area (Å²) in [7, 11) is 1.93. The van der Waals surface area contributed by atoms with Crippen molar-refractivity contribution in [1.82, 2.24) is 19.8 Å². The summed E-state index contributed by atoms with van der Waals surface area (Å²) < 4.78 is 0. The van der Waals surface area contributed by atoms with Crippen LogP contribution in [0.5, 0.6) is 0 Å². The maximum atomic E-state index is 4.70. The van der Waals surface area contributed by atoms with Crippen LogP contribution in [0.4, 0.5) is 5.13 Å². The number of hydrogen-bond acceptors (Lipinski definition) is 6. The first-order chi connectivity index (χ1) is 11.8. The molecule has 1 atom stereocenters. The van der Waals surface area contributed by atoms with E-state index in [0.717, 1.165) is 24.1 Å². The lowest BCUT2D eigenvalue weighted by Crippen LogP contribution is -2.56. The number of nitrogens with one attached hydrogen (secondary N) is 1. The zero-order valence-corrected chi connectivity index (χ0v) is 15.0. The van der Waals surface area contributed by atoms with Crippen molar-refractivity contribution in [1.29, 1.82) is 0 Å². The number of nitrogens with zero attached hydrogens (tertiary/aromatic N) is 4. The van der Waals surface area contributed by atoms with Crippen LogP contribution < -0.4 is 5.32 Å². The van der Waals surface area contributed by atoms with Crippen molar-refractivity contribution in [3.05, 3.63) is 41.2 Å². The standard InChI is InChI=1S/C18H25N5S/c1-19-18-21-16(13-24-18)11-23(10-14-3-2-6-20-9-14)17-12-22-7-4-15(17)5-8-22/h2-3,6,9,13,15,17H,4-5,7-8,10-12H2,1H3,(H,19,21). The topological polar surface area (TPSA) is 44.3 Å². The molecule has 5 nitrogen and oxygen atoms in total. The van der Waals surface area contributed by atoms with Gasteiger partial charge in [0.05, 0.1) is 5.69 Å². The predicted molar refractivity (Wildman–Crippen MR) is 98.1 cm³/mol. The van der Waals surface area contributed by atoms with Crippen LogP contribution in [0.15, 0.2) is 29.9 Å². The lowest BCUT2D eigenvalue weighted by atomic mass is 9.83. The number of aromatic nitrogens is 2. The second-order valence-electron chi connectivity index (χ2n) is 6.87. The number of pyridine rings is 1. The van der Waals surface area contributed by atoms with E-state index in [9.17, 15) is 0 Å². The molecule has 0 spiro atoms. The zero-order valence-electron chi connectivity index (χ0n) is 14.2. The van der Waals surface area contributed by atoms with Crippen LogP contribution in [0.1, 0.15) is 24.1 Å². The Morgan fingerprint density at radius 1 is 1.33 bits per heavy atom. The van der Waals surface area contributed by atoms with Crippen LogP contribution >= 0.6 is 11.3 Å². The first-order valence-electron chi connectivity index (χ1n) is 8.79. The average Bonchev–Trinajstić information content (AvgIpc) is 3.11. The highest BCUT2D eigenvalue weighted by atomic mass is 32.1. The van der Waals surface area contributed by atoms with E-state index < -0.39 is 0 Å². The van der Waals surface area contributed by atoms with Gasteiger partial charge in [0.25, 0.3) is 0 Å². The summed E-state index contributed by atoms with van der Waals surface area (Å²) in [5, 5.41) is 6.33. The van der Waals surface area contributed by atoms with Gasteiger partial charge in [-0.25, -0.2) is 4.98 Å². The van der Waals surface area contributed by atoms with E-state index in [2.05, 4.69) is 31.5 Å². The molecule has 3 saturated heterocycles. The maximum absolute atomic E-state index is 4.70. The SMILES string of the molecule is CNc1nc(CN(Cc2cccnc2)C2CN3CCC2CC3)cs1. The molecule has 0 aliphatic carbocycles. The number of rotatable bonds is 6. The molecule has 3 fully saturated rings. The van der Waals surface area contributed by atoms with Crippen LogP contribution in [0.3, 0.4) is 0 Å². The van der Waals surface area contributed by atoms with Crippen LogP contribution in [0.2, 0.25) is 0 Å². The Morgan fingerprint density at radius 3 is 2.83 bits per heavy atom. The largest absolute Gasteiger partial charge is 0.365 e. The monoisotopic (exact) mass is 343 g/mol. The quantitative estimate of drug-likeness (QED) is 0.874. The molecule has 5 rings (SSSR count). The number of piperidine rings is 3. The van der Waals surface area contributed by atoms with Gasteiger partial charge in [-0.1, -0.05) is 6.07 Å². The minimum Gasteiger partial charge on any atom is -0.365 e. The third-order valence-corrected chi connectivity index (χ3v) is 6.24. The molecule has 0 aromatic carbocycles. The molecule has 128 valence electrons. The Morgan fingerprint density at radius 2 is 2.21 bits per heavy atom. The Hall–Kier alpha value is -1.50. The van der Waals surface area contributed by atoms with Crippen molar-refractivity contribution >= 4 is 16.5 Å². The van der Waals surface area contributed by atoms with E-state index in [1.165, 1.54) is 43.7 Å². The smallest absolute Gasteiger partial charge is 0.182 e. The van der Waals surface area contributed by atoms with Gasteiger partial charge in [0.15, 0.2) is 5.13 Å². The Kier molecular flexibility index (Phi) is 4.78. The van der Waals surface area contributed by atoms with Gasteiger partial charge in [0, 0.05) is 50.5 Å². The fourth-order valence-electron chi connectivity index (χ4n) is 4.07. The average molecular weight is 344 g/mol. The molecule has 0 saturated carbocycles. The molecule has 0 radical (unpaired) electrons. The van der Waals surface area contributed by atoms with E-state index in [1.54, 1.807) is 11.3 Å². The minimum atomic E-state index is 0.632. The Balaban J connectivity index is 1.54. The third kappa shape index (κ3) is 3.45. The predicted octanol–water partition coefficient (Wildman–Crippen LogP) is 2.68. The van der Waals surface area contributed by atoms with E-state index in [4.69, 9.17) is 4.98 Å². The van der Waals surface area contributed by atoms with E-state index >= 15 is 0 Å². The van der Waals surface area contributed by atoms with Crippen LogP contribution in [-0.4, -0.2) is 52.5 Å². The second kappa shape index (κ2) is 7.17. The molecule has 1 N–H and O–H groups in total. The van der Waals surface area contributed by atoms with Crippen molar-refractivity contribution in [3.63, 3.8) is 0 Å². The minimum absolute atomic E-state index is 0.632. The molecule has 0 amide bonds. The normalized spacial score (nSPS) is 26.0. The zero-order chi connectivity index (χ0) is 16.4. The van der Waals surface area contributed by atoms with Gasteiger partial charge >= 0.3 is 0 Å². The Bertz CT molecular complexity index is 650. The van der Waals surface area contributed by atoms with Gasteiger partial charge in [-0.2, -0.15) is 0 Å². The molecule has 6 heteroatoms. The van der Waals surface area contributed by atoms with Gasteiger partial charge < -0.3 is 10.2 Å². The van der Waals surface area contributed by atoms with Gasteiger partial charge in [0.1, 0.15) is 0 Å². The van der Waals surface area contributed by atoms with Gasteiger partial charge in [-0.05, 0) is 43.5 Å². The van der Waals surface area contributed by atoms with Crippen molar-refractivity contribution < 1.29 is 0 Å². The molecule has 5 heterocycles. The molecular formula is C18H25N5S.